The first kappa shape index (κ1) is 21.4. The third-order valence-electron chi connectivity index (χ3n) is 4.25. The Morgan fingerprint density at radius 2 is 1.74 bits per heavy atom. The summed E-state index contributed by atoms with van der Waals surface area (Å²) in [6, 6.07) is 17.3. The van der Waals surface area contributed by atoms with E-state index in [9.17, 15) is 9.59 Å². The largest absolute Gasteiger partial charge is 0.368 e. The van der Waals surface area contributed by atoms with Crippen molar-refractivity contribution in [2.24, 2.45) is 11.7 Å². The molecule has 0 saturated heterocycles. The van der Waals surface area contributed by atoms with Crippen molar-refractivity contribution in [2.75, 3.05) is 11.5 Å². The molecule has 0 spiro atoms. The fraction of sp³-hybridized carbons (Fsp3) is 0.333. The van der Waals surface area contributed by atoms with Crippen molar-refractivity contribution in [1.29, 1.82) is 0 Å². The van der Waals surface area contributed by atoms with E-state index in [0.29, 0.717) is 17.9 Å². The molecule has 6 heteroatoms. The van der Waals surface area contributed by atoms with Crippen molar-refractivity contribution in [3.63, 3.8) is 0 Å². The molecule has 0 saturated carbocycles. The van der Waals surface area contributed by atoms with Gasteiger partial charge in [-0.25, -0.2) is 0 Å². The molecule has 0 bridgehead atoms. The van der Waals surface area contributed by atoms with Crippen LogP contribution >= 0.6 is 24.4 Å². The minimum atomic E-state index is -0.689. The summed E-state index contributed by atoms with van der Waals surface area (Å²) >= 11 is 5.88. The monoisotopic (exact) mass is 402 g/mol. The average molecular weight is 403 g/mol. The highest BCUT2D eigenvalue weighted by Gasteiger charge is 2.23. The number of carbonyl (C=O) groups excluding carboxylic acids is 2. The van der Waals surface area contributed by atoms with Crippen LogP contribution in [0.3, 0.4) is 0 Å². The number of nitrogens with one attached hydrogen (secondary N) is 1. The molecule has 0 aliphatic carbocycles. The summed E-state index contributed by atoms with van der Waals surface area (Å²) in [5.74, 6) is 0.605. The first-order valence-corrected chi connectivity index (χ1v) is 10.7. The van der Waals surface area contributed by atoms with E-state index in [1.807, 2.05) is 37.3 Å². The Morgan fingerprint density at radius 1 is 1.07 bits per heavy atom. The van der Waals surface area contributed by atoms with E-state index in [-0.39, 0.29) is 11.8 Å². The number of hydrogen-bond acceptors (Lipinski definition) is 4. The first-order chi connectivity index (χ1) is 13.0. The molecule has 3 N–H and O–H groups in total. The number of benzene rings is 2. The Hall–Kier alpha value is -1.92. The van der Waals surface area contributed by atoms with Gasteiger partial charge in [-0.15, -0.1) is 0 Å². The van der Waals surface area contributed by atoms with Gasteiger partial charge in [-0.1, -0.05) is 60.2 Å². The van der Waals surface area contributed by atoms with Gasteiger partial charge in [0.25, 0.3) is 0 Å². The number of thioether (sulfide) groups is 1. The summed E-state index contributed by atoms with van der Waals surface area (Å²) in [5, 5.41) is 2.80. The molecule has 0 unspecified atom stereocenters. The number of aryl methyl sites for hydroxylation is 1. The molecule has 144 valence electrons. The van der Waals surface area contributed by atoms with Gasteiger partial charge in [0.1, 0.15) is 6.04 Å². The summed E-state index contributed by atoms with van der Waals surface area (Å²) in [6.07, 6.45) is 0.582. The second-order valence-electron chi connectivity index (χ2n) is 6.53. The van der Waals surface area contributed by atoms with Crippen molar-refractivity contribution >= 4 is 36.2 Å². The molecule has 4 nitrogen and oxygen atoms in total. The molecule has 2 aromatic rings. The van der Waals surface area contributed by atoms with Gasteiger partial charge in [-0.2, -0.15) is 24.4 Å². The van der Waals surface area contributed by atoms with E-state index in [1.165, 1.54) is 11.1 Å². The predicted octanol–water partition coefficient (Wildman–Crippen LogP) is 2.99. The second kappa shape index (κ2) is 11.0. The Morgan fingerprint density at radius 3 is 2.33 bits per heavy atom. The zero-order valence-electron chi connectivity index (χ0n) is 15.4. The SMILES string of the molecule is Cc1ccc(CSC[C@H](NC(=O)[C@@H](CS)Cc2ccccc2)C(N)=O)cc1. The van der Waals surface area contributed by atoms with Gasteiger partial charge in [0.15, 0.2) is 0 Å². The topological polar surface area (TPSA) is 72.2 Å². The van der Waals surface area contributed by atoms with Gasteiger partial charge in [0.05, 0.1) is 5.92 Å². The zero-order chi connectivity index (χ0) is 19.6. The van der Waals surface area contributed by atoms with Gasteiger partial charge in [-0.3, -0.25) is 9.59 Å². The molecule has 0 heterocycles. The van der Waals surface area contributed by atoms with Crippen LogP contribution in [0.5, 0.6) is 0 Å². The highest BCUT2D eigenvalue weighted by Crippen LogP contribution is 2.15. The normalized spacial score (nSPS) is 13.0. The summed E-state index contributed by atoms with van der Waals surface area (Å²) in [4.78, 5) is 24.4. The van der Waals surface area contributed by atoms with Crippen molar-refractivity contribution in [2.45, 2.75) is 25.1 Å². The third kappa shape index (κ3) is 7.31. The predicted molar refractivity (Wildman–Crippen MR) is 116 cm³/mol. The maximum Gasteiger partial charge on any atom is 0.240 e. The van der Waals surface area contributed by atoms with E-state index in [2.05, 4.69) is 42.2 Å². The summed E-state index contributed by atoms with van der Waals surface area (Å²) in [5.41, 5.74) is 8.95. The molecule has 0 aromatic heterocycles. The van der Waals surface area contributed by atoms with E-state index >= 15 is 0 Å². The lowest BCUT2D eigenvalue weighted by Crippen LogP contribution is -2.48. The molecular formula is C21H26N2O2S2. The van der Waals surface area contributed by atoms with Crippen LogP contribution in [0.25, 0.3) is 0 Å². The summed E-state index contributed by atoms with van der Waals surface area (Å²) in [6.45, 7) is 2.04. The van der Waals surface area contributed by atoms with E-state index in [1.54, 1.807) is 11.8 Å². The number of thiol groups is 1. The van der Waals surface area contributed by atoms with Crippen LogP contribution in [0.2, 0.25) is 0 Å². The van der Waals surface area contributed by atoms with Crippen LogP contribution in [0.1, 0.15) is 16.7 Å². The summed E-state index contributed by atoms with van der Waals surface area (Å²) < 4.78 is 0. The third-order valence-corrected chi connectivity index (χ3v) is 5.80. The smallest absolute Gasteiger partial charge is 0.240 e. The molecule has 0 radical (unpaired) electrons. The first-order valence-electron chi connectivity index (χ1n) is 8.87. The number of carbonyl (C=O) groups is 2. The van der Waals surface area contributed by atoms with Gasteiger partial charge in [0.2, 0.25) is 11.8 Å². The van der Waals surface area contributed by atoms with E-state index in [4.69, 9.17) is 5.73 Å². The van der Waals surface area contributed by atoms with Crippen LogP contribution in [-0.4, -0.2) is 29.4 Å². The number of rotatable bonds is 10. The van der Waals surface area contributed by atoms with Crippen molar-refractivity contribution in [1.82, 2.24) is 5.32 Å². The molecule has 27 heavy (non-hydrogen) atoms. The minimum absolute atomic E-state index is 0.186. The second-order valence-corrected chi connectivity index (χ2v) is 7.93. The molecule has 2 rings (SSSR count). The van der Waals surface area contributed by atoms with Gasteiger partial charge >= 0.3 is 0 Å². The Kier molecular flexibility index (Phi) is 8.75. The van der Waals surface area contributed by atoms with Crippen molar-refractivity contribution in [3.05, 3.63) is 71.3 Å². The Balaban J connectivity index is 1.88. The molecule has 2 aromatic carbocycles. The van der Waals surface area contributed by atoms with Gasteiger partial charge in [-0.05, 0) is 24.5 Å². The molecule has 2 atom stereocenters. The zero-order valence-corrected chi connectivity index (χ0v) is 17.1. The molecule has 0 aliphatic rings. The number of nitrogens with two attached hydrogens (primary N) is 1. The van der Waals surface area contributed by atoms with Crippen LogP contribution in [0.15, 0.2) is 54.6 Å². The number of primary amides is 1. The van der Waals surface area contributed by atoms with Gasteiger partial charge < -0.3 is 11.1 Å². The maximum atomic E-state index is 12.6. The Labute approximate surface area is 170 Å². The minimum Gasteiger partial charge on any atom is -0.368 e. The molecule has 0 aliphatic heterocycles. The average Bonchev–Trinajstić information content (AvgIpc) is 2.67. The van der Waals surface area contributed by atoms with Crippen LogP contribution in [0.4, 0.5) is 0 Å². The maximum absolute atomic E-state index is 12.6. The fourth-order valence-electron chi connectivity index (χ4n) is 2.60. The van der Waals surface area contributed by atoms with Crippen LogP contribution in [-0.2, 0) is 21.8 Å². The molecular weight excluding hydrogens is 376 g/mol. The summed E-state index contributed by atoms with van der Waals surface area (Å²) in [7, 11) is 0. The van der Waals surface area contributed by atoms with E-state index < -0.39 is 11.9 Å². The van der Waals surface area contributed by atoms with Crippen LogP contribution in [0, 0.1) is 12.8 Å². The molecule has 0 fully saturated rings. The van der Waals surface area contributed by atoms with Gasteiger partial charge in [0, 0.05) is 17.3 Å². The highest BCUT2D eigenvalue weighted by molar-refractivity contribution is 7.98. The lowest BCUT2D eigenvalue weighted by atomic mass is 10.00. The standard InChI is InChI=1S/C21H26N2O2S2/c1-15-7-9-17(10-8-15)13-27-14-19(20(22)24)23-21(25)18(12-26)11-16-5-3-2-4-6-16/h2-10,18-19,26H,11-14H2,1H3,(H2,22,24)(H,23,25)/t18-,19+/m1/s1. The molecule has 2 amide bonds. The quantitative estimate of drug-likeness (QED) is 0.535. The Bertz CT molecular complexity index is 736. The fourth-order valence-corrected chi connectivity index (χ4v) is 3.93. The van der Waals surface area contributed by atoms with E-state index in [0.717, 1.165) is 11.3 Å². The highest BCUT2D eigenvalue weighted by atomic mass is 32.2. The number of amides is 2. The van der Waals surface area contributed by atoms with Crippen molar-refractivity contribution < 1.29 is 9.59 Å². The lowest BCUT2D eigenvalue weighted by Gasteiger charge is -2.20. The number of hydrogen-bond donors (Lipinski definition) is 3. The van der Waals surface area contributed by atoms with Crippen LogP contribution < -0.4 is 11.1 Å². The lowest BCUT2D eigenvalue weighted by molar-refractivity contribution is -0.129. The van der Waals surface area contributed by atoms with Crippen molar-refractivity contribution in [3.8, 4) is 0 Å².